The number of hydrogen-bond acceptors (Lipinski definition) is 8. The molecule has 4 aromatic rings. The molecule has 31 heavy (non-hydrogen) atoms. The van der Waals surface area contributed by atoms with Gasteiger partial charge in [0.2, 0.25) is 11.0 Å². The molecule has 0 amide bonds. The van der Waals surface area contributed by atoms with Crippen LogP contribution in [0.4, 0.5) is 0 Å². The zero-order chi connectivity index (χ0) is 22.0. The average Bonchev–Trinajstić information content (AvgIpc) is 3.46. The largest absolute Gasteiger partial charge is 0.485 e. The van der Waals surface area contributed by atoms with Crippen LogP contribution in [0.2, 0.25) is 0 Å². The lowest BCUT2D eigenvalue weighted by molar-refractivity contribution is 0.287. The van der Waals surface area contributed by atoms with E-state index < -0.39 is 0 Å². The number of benzene rings is 1. The van der Waals surface area contributed by atoms with Gasteiger partial charge in [0.05, 0.1) is 10.6 Å². The van der Waals surface area contributed by atoms with Gasteiger partial charge in [-0.1, -0.05) is 43.8 Å². The number of rotatable bonds is 8. The molecule has 0 saturated heterocycles. The lowest BCUT2D eigenvalue weighted by Crippen LogP contribution is -2.16. The van der Waals surface area contributed by atoms with E-state index in [4.69, 9.17) is 15.0 Å². The van der Waals surface area contributed by atoms with E-state index in [2.05, 4.69) is 41.2 Å². The number of oxazole rings is 1. The molecule has 0 unspecified atom stereocenters. The van der Waals surface area contributed by atoms with Crippen LogP contribution in [0.15, 0.2) is 45.3 Å². The van der Waals surface area contributed by atoms with Gasteiger partial charge in [-0.2, -0.15) is 0 Å². The fraction of sp³-hybridized carbons (Fsp3) is 0.318. The fourth-order valence-electron chi connectivity index (χ4n) is 3.09. The fourth-order valence-corrected chi connectivity index (χ4v) is 4.62. The molecular weight excluding hydrogens is 430 g/mol. The van der Waals surface area contributed by atoms with Crippen molar-refractivity contribution in [3.8, 4) is 16.5 Å². The molecule has 162 valence electrons. The Kier molecular flexibility index (Phi) is 6.33. The molecule has 0 saturated carbocycles. The topological polar surface area (TPSA) is 92.0 Å². The summed E-state index contributed by atoms with van der Waals surface area (Å²) in [7, 11) is 0. The van der Waals surface area contributed by atoms with Gasteiger partial charge in [-0.25, -0.2) is 9.66 Å². The third kappa shape index (κ3) is 4.77. The van der Waals surface area contributed by atoms with E-state index in [0.29, 0.717) is 28.5 Å². The van der Waals surface area contributed by atoms with E-state index in [1.807, 2.05) is 37.4 Å². The maximum Gasteiger partial charge on any atom is 0.236 e. The van der Waals surface area contributed by atoms with Crippen LogP contribution in [0.25, 0.3) is 10.8 Å². The van der Waals surface area contributed by atoms with Crippen LogP contribution in [0, 0.1) is 13.8 Å². The van der Waals surface area contributed by atoms with Gasteiger partial charge in [0.15, 0.2) is 5.82 Å². The summed E-state index contributed by atoms with van der Waals surface area (Å²) in [5.41, 5.74) is 3.18. The summed E-state index contributed by atoms with van der Waals surface area (Å²) < 4.78 is 13.3. The summed E-state index contributed by atoms with van der Waals surface area (Å²) in [5, 5.41) is 11.0. The van der Waals surface area contributed by atoms with E-state index in [-0.39, 0.29) is 6.61 Å². The van der Waals surface area contributed by atoms with E-state index in [9.17, 15) is 0 Å². The second-order valence-electron chi connectivity index (χ2n) is 7.54. The van der Waals surface area contributed by atoms with Crippen LogP contribution in [-0.4, -0.2) is 19.9 Å². The molecule has 7 nitrogen and oxygen atoms in total. The molecule has 0 aliphatic rings. The van der Waals surface area contributed by atoms with Crippen molar-refractivity contribution >= 4 is 23.1 Å². The first-order valence-corrected chi connectivity index (χ1v) is 11.8. The van der Waals surface area contributed by atoms with Gasteiger partial charge >= 0.3 is 0 Å². The number of nitrogens with zero attached hydrogens (tertiary/aromatic N) is 4. The van der Waals surface area contributed by atoms with Crippen molar-refractivity contribution in [2.24, 2.45) is 0 Å². The number of nitrogens with two attached hydrogens (primary N) is 1. The van der Waals surface area contributed by atoms with Crippen molar-refractivity contribution in [3.05, 3.63) is 64.1 Å². The Morgan fingerprint density at radius 3 is 2.81 bits per heavy atom. The molecule has 0 spiro atoms. The molecule has 3 aromatic heterocycles. The van der Waals surface area contributed by atoms with Crippen LogP contribution in [0.5, 0.6) is 5.75 Å². The lowest BCUT2D eigenvalue weighted by Gasteiger charge is -2.14. The number of aryl methyl sites for hydroxylation is 2. The Balaban J connectivity index is 1.42. The average molecular weight is 456 g/mol. The first-order chi connectivity index (χ1) is 14.9. The number of hydrogen-bond donors (Lipinski definition) is 1. The Morgan fingerprint density at radius 1 is 1.23 bits per heavy atom. The Hall–Kier alpha value is -2.78. The third-order valence-electron chi connectivity index (χ3n) is 4.85. The highest BCUT2D eigenvalue weighted by molar-refractivity contribution is 7.98. The van der Waals surface area contributed by atoms with E-state index >= 15 is 0 Å². The molecule has 0 bridgehead atoms. The molecule has 1 aromatic carbocycles. The third-order valence-corrected chi connectivity index (χ3v) is 6.66. The number of thioether (sulfide) groups is 1. The highest BCUT2D eigenvalue weighted by Gasteiger charge is 2.16. The molecule has 0 atom stereocenters. The molecule has 9 heteroatoms. The zero-order valence-electron chi connectivity index (χ0n) is 18.0. The predicted octanol–water partition coefficient (Wildman–Crippen LogP) is 5.32. The van der Waals surface area contributed by atoms with Crippen LogP contribution in [0.1, 0.15) is 48.2 Å². The van der Waals surface area contributed by atoms with Crippen molar-refractivity contribution in [2.45, 2.75) is 51.1 Å². The van der Waals surface area contributed by atoms with Gasteiger partial charge < -0.3 is 15.0 Å². The van der Waals surface area contributed by atoms with Gasteiger partial charge in [0, 0.05) is 5.75 Å². The van der Waals surface area contributed by atoms with Crippen LogP contribution < -0.4 is 10.6 Å². The second kappa shape index (κ2) is 9.15. The predicted molar refractivity (Wildman–Crippen MR) is 124 cm³/mol. The molecule has 2 N–H and O–H groups in total. The number of thiophene rings is 1. The quantitative estimate of drug-likeness (QED) is 0.284. The van der Waals surface area contributed by atoms with Crippen molar-refractivity contribution in [1.82, 2.24) is 19.9 Å². The minimum Gasteiger partial charge on any atom is -0.485 e. The van der Waals surface area contributed by atoms with Gasteiger partial charge in [0.25, 0.3) is 0 Å². The molecule has 0 aliphatic heterocycles. The molecular formula is C22H25N5O2S2. The maximum absolute atomic E-state index is 6.23. The summed E-state index contributed by atoms with van der Waals surface area (Å²) in [6.07, 6.45) is 0. The first-order valence-electron chi connectivity index (χ1n) is 9.98. The van der Waals surface area contributed by atoms with Crippen molar-refractivity contribution in [2.75, 3.05) is 5.84 Å². The van der Waals surface area contributed by atoms with Crippen LogP contribution in [-0.2, 0) is 12.4 Å². The van der Waals surface area contributed by atoms with Crippen molar-refractivity contribution in [3.63, 3.8) is 0 Å². The number of aromatic nitrogens is 4. The summed E-state index contributed by atoms with van der Waals surface area (Å²) in [6.45, 7) is 8.51. The summed E-state index contributed by atoms with van der Waals surface area (Å²) in [5.74, 6) is 10.0. The van der Waals surface area contributed by atoms with E-state index in [0.717, 1.165) is 33.2 Å². The minimum absolute atomic E-state index is 0.249. The zero-order valence-corrected chi connectivity index (χ0v) is 19.6. The highest BCUT2D eigenvalue weighted by atomic mass is 32.2. The van der Waals surface area contributed by atoms with Gasteiger partial charge in [-0.15, -0.1) is 21.5 Å². The SMILES string of the molecule is Cc1ccc(C(C)C)c(OCc2nnc(SCc3nc(-c4cccs4)oc3C)n2N)c1. The maximum atomic E-state index is 6.23. The Labute approximate surface area is 189 Å². The van der Waals surface area contributed by atoms with Crippen molar-refractivity contribution < 1.29 is 9.15 Å². The minimum atomic E-state index is 0.249. The number of nitrogen functional groups attached to an aromatic ring is 1. The second-order valence-corrected chi connectivity index (χ2v) is 9.43. The van der Waals surface area contributed by atoms with Gasteiger partial charge in [-0.05, 0) is 48.4 Å². The van der Waals surface area contributed by atoms with E-state index in [1.54, 1.807) is 11.3 Å². The van der Waals surface area contributed by atoms with Crippen molar-refractivity contribution in [1.29, 1.82) is 0 Å². The molecule has 0 fully saturated rings. The van der Waals surface area contributed by atoms with Crippen LogP contribution in [0.3, 0.4) is 0 Å². The van der Waals surface area contributed by atoms with Gasteiger partial charge in [0.1, 0.15) is 18.1 Å². The molecule has 0 aliphatic carbocycles. The summed E-state index contributed by atoms with van der Waals surface area (Å²) in [6, 6.07) is 10.2. The summed E-state index contributed by atoms with van der Waals surface area (Å²) >= 11 is 3.07. The smallest absolute Gasteiger partial charge is 0.236 e. The lowest BCUT2D eigenvalue weighted by atomic mass is 10.0. The Morgan fingerprint density at radius 2 is 2.06 bits per heavy atom. The van der Waals surface area contributed by atoms with Gasteiger partial charge in [-0.3, -0.25) is 0 Å². The monoisotopic (exact) mass is 455 g/mol. The molecule has 3 heterocycles. The van der Waals surface area contributed by atoms with E-state index in [1.165, 1.54) is 16.4 Å². The molecule has 0 radical (unpaired) electrons. The first kappa shape index (κ1) is 21.5. The van der Waals surface area contributed by atoms with Crippen LogP contribution >= 0.6 is 23.1 Å². The standard InChI is InChI=1S/C22H25N5O2S2/c1-13(2)16-8-7-14(3)10-18(16)28-11-20-25-26-22(27(20)23)31-12-17-15(4)29-21(24-17)19-6-5-9-30-19/h5-10,13H,11-12,23H2,1-4H3. The molecule has 4 rings (SSSR count). The number of ether oxygens (including phenoxy) is 1. The Bertz CT molecular complexity index is 1170. The summed E-state index contributed by atoms with van der Waals surface area (Å²) in [4.78, 5) is 5.63. The highest BCUT2D eigenvalue weighted by Crippen LogP contribution is 2.30. The normalized spacial score (nSPS) is 11.4.